The summed E-state index contributed by atoms with van der Waals surface area (Å²) in [5, 5.41) is 0.536. The molecule has 1 aromatic carbocycles. The van der Waals surface area contributed by atoms with Gasteiger partial charge in [0.25, 0.3) is 0 Å². The van der Waals surface area contributed by atoms with Crippen LogP contribution in [0.5, 0.6) is 5.75 Å². The molecular weight excluding hydrogens is 288 g/mol. The predicted molar refractivity (Wildman–Crippen MR) is 82.8 cm³/mol. The average Bonchev–Trinajstić information content (AvgIpc) is 2.97. The van der Waals surface area contributed by atoms with Gasteiger partial charge in [-0.25, -0.2) is 4.98 Å². The highest BCUT2D eigenvalue weighted by molar-refractivity contribution is 6.32. The molecule has 2 aromatic heterocycles. The van der Waals surface area contributed by atoms with Crippen LogP contribution in [0.3, 0.4) is 0 Å². The van der Waals surface area contributed by atoms with E-state index in [1.54, 1.807) is 38.1 Å². The van der Waals surface area contributed by atoms with Crippen LogP contribution < -0.4 is 10.5 Å². The van der Waals surface area contributed by atoms with Gasteiger partial charge >= 0.3 is 0 Å². The summed E-state index contributed by atoms with van der Waals surface area (Å²) in [7, 11) is 1.58. The lowest BCUT2D eigenvalue weighted by atomic mass is 10.2. The van der Waals surface area contributed by atoms with E-state index in [0.717, 1.165) is 16.9 Å². The maximum Gasteiger partial charge on any atom is 0.137 e. The van der Waals surface area contributed by atoms with Gasteiger partial charge in [0.05, 0.1) is 30.4 Å². The number of imidazole rings is 1. The quantitative estimate of drug-likeness (QED) is 0.807. The highest BCUT2D eigenvalue weighted by Gasteiger charge is 2.11. The largest absolute Gasteiger partial charge is 0.495 e. The highest BCUT2D eigenvalue weighted by atomic mass is 35.5. The molecule has 0 amide bonds. The van der Waals surface area contributed by atoms with Crippen LogP contribution in [0, 0.1) is 0 Å². The van der Waals surface area contributed by atoms with Crippen LogP contribution >= 0.6 is 11.6 Å². The van der Waals surface area contributed by atoms with E-state index in [-0.39, 0.29) is 0 Å². The molecule has 0 aliphatic heterocycles. The molecule has 0 aliphatic carbocycles. The Hall–Kier alpha value is -2.53. The first kappa shape index (κ1) is 13.5. The van der Waals surface area contributed by atoms with Crippen molar-refractivity contribution in [1.29, 1.82) is 0 Å². The summed E-state index contributed by atoms with van der Waals surface area (Å²) in [6.45, 7) is 0. The van der Waals surface area contributed by atoms with Crippen molar-refractivity contribution in [3.05, 3.63) is 54.2 Å². The molecule has 3 rings (SSSR count). The fourth-order valence-electron chi connectivity index (χ4n) is 2.12. The van der Waals surface area contributed by atoms with Crippen LogP contribution in [0.1, 0.15) is 0 Å². The molecule has 106 valence electrons. The SMILES string of the molecule is COc1ccc(-n2cncc2-c2cnccc2N)cc1Cl. The Kier molecular flexibility index (Phi) is 3.50. The van der Waals surface area contributed by atoms with Crippen molar-refractivity contribution in [2.24, 2.45) is 0 Å². The van der Waals surface area contributed by atoms with Crippen LogP contribution in [0.25, 0.3) is 16.9 Å². The van der Waals surface area contributed by atoms with Gasteiger partial charge in [0.15, 0.2) is 0 Å². The summed E-state index contributed by atoms with van der Waals surface area (Å²) < 4.78 is 7.07. The van der Waals surface area contributed by atoms with Crippen molar-refractivity contribution in [1.82, 2.24) is 14.5 Å². The minimum Gasteiger partial charge on any atom is -0.495 e. The molecule has 6 heteroatoms. The number of ether oxygens (including phenoxy) is 1. The topological polar surface area (TPSA) is 66.0 Å². The van der Waals surface area contributed by atoms with Crippen molar-refractivity contribution in [3.8, 4) is 22.7 Å². The zero-order chi connectivity index (χ0) is 14.8. The molecule has 3 aromatic rings. The van der Waals surface area contributed by atoms with E-state index >= 15 is 0 Å². The molecule has 0 spiro atoms. The summed E-state index contributed by atoms with van der Waals surface area (Å²) in [5.74, 6) is 0.628. The fourth-order valence-corrected chi connectivity index (χ4v) is 2.38. The Morgan fingerprint density at radius 2 is 2.05 bits per heavy atom. The third kappa shape index (κ3) is 2.43. The van der Waals surface area contributed by atoms with E-state index in [2.05, 4.69) is 9.97 Å². The Morgan fingerprint density at radius 1 is 1.19 bits per heavy atom. The van der Waals surface area contributed by atoms with Gasteiger partial charge in [0.1, 0.15) is 5.75 Å². The Morgan fingerprint density at radius 3 is 2.76 bits per heavy atom. The third-order valence-electron chi connectivity index (χ3n) is 3.18. The molecule has 0 radical (unpaired) electrons. The van der Waals surface area contributed by atoms with Gasteiger partial charge in [-0.2, -0.15) is 0 Å². The van der Waals surface area contributed by atoms with Crippen LogP contribution in [0.2, 0.25) is 5.02 Å². The zero-order valence-electron chi connectivity index (χ0n) is 11.3. The first-order chi connectivity index (χ1) is 10.2. The number of nitrogens with two attached hydrogens (primary N) is 1. The van der Waals surface area contributed by atoms with Gasteiger partial charge in [-0.1, -0.05) is 11.6 Å². The number of hydrogen-bond donors (Lipinski definition) is 1. The molecule has 0 unspecified atom stereocenters. The van der Waals surface area contributed by atoms with Crippen molar-refractivity contribution in [3.63, 3.8) is 0 Å². The standard InChI is InChI=1S/C15H13ClN4O/c1-21-15-3-2-10(6-12(15)16)20-9-19-8-14(20)11-7-18-5-4-13(11)17/h2-9H,1H3,(H2,17,18). The summed E-state index contributed by atoms with van der Waals surface area (Å²) in [5.41, 5.74) is 9.19. The van der Waals surface area contributed by atoms with E-state index in [0.29, 0.717) is 16.5 Å². The van der Waals surface area contributed by atoms with Gasteiger partial charge in [-0.3, -0.25) is 9.55 Å². The summed E-state index contributed by atoms with van der Waals surface area (Å²) >= 11 is 6.18. The molecule has 2 heterocycles. The molecule has 0 fully saturated rings. The van der Waals surface area contributed by atoms with E-state index in [1.165, 1.54) is 0 Å². The lowest BCUT2D eigenvalue weighted by Gasteiger charge is -2.11. The number of hydrogen-bond acceptors (Lipinski definition) is 4. The summed E-state index contributed by atoms with van der Waals surface area (Å²) in [6.07, 6.45) is 6.82. The van der Waals surface area contributed by atoms with Crippen LogP contribution in [0.4, 0.5) is 5.69 Å². The van der Waals surface area contributed by atoms with Crippen molar-refractivity contribution in [2.75, 3.05) is 12.8 Å². The second-order valence-electron chi connectivity index (χ2n) is 4.43. The Labute approximate surface area is 127 Å². The minimum absolute atomic E-state index is 0.536. The normalized spacial score (nSPS) is 10.6. The summed E-state index contributed by atoms with van der Waals surface area (Å²) in [4.78, 5) is 8.31. The Balaban J connectivity index is 2.11. The van der Waals surface area contributed by atoms with Gasteiger partial charge < -0.3 is 10.5 Å². The number of rotatable bonds is 3. The van der Waals surface area contributed by atoms with E-state index in [1.807, 2.05) is 22.8 Å². The molecule has 2 N–H and O–H groups in total. The number of halogens is 1. The van der Waals surface area contributed by atoms with Gasteiger partial charge in [-0.05, 0) is 24.3 Å². The van der Waals surface area contributed by atoms with Crippen molar-refractivity contribution >= 4 is 17.3 Å². The fraction of sp³-hybridized carbons (Fsp3) is 0.0667. The molecule has 0 bridgehead atoms. The average molecular weight is 301 g/mol. The number of benzene rings is 1. The Bertz CT molecular complexity index is 785. The number of methoxy groups -OCH3 is 1. The first-order valence-electron chi connectivity index (χ1n) is 6.27. The van der Waals surface area contributed by atoms with Crippen molar-refractivity contribution in [2.45, 2.75) is 0 Å². The molecular formula is C15H13ClN4O. The number of nitrogen functional groups attached to an aromatic ring is 1. The second-order valence-corrected chi connectivity index (χ2v) is 4.84. The lowest BCUT2D eigenvalue weighted by molar-refractivity contribution is 0.415. The van der Waals surface area contributed by atoms with Crippen LogP contribution in [0.15, 0.2) is 49.2 Å². The number of anilines is 1. The predicted octanol–water partition coefficient (Wildman–Crippen LogP) is 3.18. The number of nitrogens with zero attached hydrogens (tertiary/aromatic N) is 3. The van der Waals surface area contributed by atoms with E-state index in [9.17, 15) is 0 Å². The minimum atomic E-state index is 0.536. The molecule has 5 nitrogen and oxygen atoms in total. The monoisotopic (exact) mass is 300 g/mol. The molecule has 0 atom stereocenters. The van der Waals surface area contributed by atoms with Crippen LogP contribution in [-0.4, -0.2) is 21.6 Å². The molecule has 21 heavy (non-hydrogen) atoms. The van der Waals surface area contributed by atoms with Gasteiger partial charge in [0.2, 0.25) is 0 Å². The smallest absolute Gasteiger partial charge is 0.137 e. The van der Waals surface area contributed by atoms with Crippen LogP contribution in [-0.2, 0) is 0 Å². The first-order valence-corrected chi connectivity index (χ1v) is 6.64. The highest BCUT2D eigenvalue weighted by Crippen LogP contribution is 2.30. The maximum absolute atomic E-state index is 6.18. The second kappa shape index (κ2) is 5.46. The number of pyridine rings is 1. The molecule has 0 saturated carbocycles. The summed E-state index contributed by atoms with van der Waals surface area (Å²) in [6, 6.07) is 7.29. The molecule has 0 aliphatic rings. The zero-order valence-corrected chi connectivity index (χ0v) is 12.1. The maximum atomic E-state index is 6.18. The van der Waals surface area contributed by atoms with E-state index < -0.39 is 0 Å². The van der Waals surface area contributed by atoms with Crippen molar-refractivity contribution < 1.29 is 4.74 Å². The van der Waals surface area contributed by atoms with E-state index in [4.69, 9.17) is 22.1 Å². The van der Waals surface area contributed by atoms with Gasteiger partial charge in [0, 0.05) is 29.3 Å². The lowest BCUT2D eigenvalue weighted by Crippen LogP contribution is -1.98. The third-order valence-corrected chi connectivity index (χ3v) is 3.48. The van der Waals surface area contributed by atoms with Gasteiger partial charge in [-0.15, -0.1) is 0 Å². The molecule has 0 saturated heterocycles. The number of aromatic nitrogens is 3.